The average molecular weight is 190 g/mol. The van der Waals surface area contributed by atoms with Crippen molar-refractivity contribution in [1.82, 2.24) is 0 Å². The molecule has 1 N–H and O–H groups in total. The van der Waals surface area contributed by atoms with Gasteiger partial charge in [0.05, 0.1) is 0 Å². The molecule has 0 bridgehead atoms. The fraction of sp³-hybridized carbons (Fsp3) is 0.182. The van der Waals surface area contributed by atoms with Gasteiger partial charge in [-0.05, 0) is 17.7 Å². The molecule has 1 aromatic carbocycles. The summed E-state index contributed by atoms with van der Waals surface area (Å²) in [7, 11) is 0. The Bertz CT molecular complexity index is 379. The van der Waals surface area contributed by atoms with E-state index in [0.717, 1.165) is 5.56 Å². The summed E-state index contributed by atoms with van der Waals surface area (Å²) in [5.74, 6) is -0.172. The molecule has 0 aromatic heterocycles. The summed E-state index contributed by atoms with van der Waals surface area (Å²) < 4.78 is 5.07. The topological polar surface area (TPSA) is 46.5 Å². The molecular formula is C11H10O3. The van der Waals surface area contributed by atoms with Crippen molar-refractivity contribution < 1.29 is 14.6 Å². The molecule has 0 spiro atoms. The summed E-state index contributed by atoms with van der Waals surface area (Å²) in [6.07, 6.45) is 0.213. The highest BCUT2D eigenvalue weighted by molar-refractivity contribution is 5.90. The lowest BCUT2D eigenvalue weighted by atomic mass is 10.1. The van der Waals surface area contributed by atoms with Gasteiger partial charge in [0.2, 0.25) is 0 Å². The van der Waals surface area contributed by atoms with E-state index in [1.165, 1.54) is 0 Å². The summed E-state index contributed by atoms with van der Waals surface area (Å²) >= 11 is 0. The highest BCUT2D eigenvalue weighted by atomic mass is 16.5. The first-order valence-electron chi connectivity index (χ1n) is 4.34. The van der Waals surface area contributed by atoms with Crippen molar-refractivity contribution in [2.45, 2.75) is 12.5 Å². The quantitative estimate of drug-likeness (QED) is 0.543. The monoisotopic (exact) mass is 190 g/mol. The minimum absolute atomic E-state index is 0.177. The molecule has 1 heterocycles. The lowest BCUT2D eigenvalue weighted by Crippen LogP contribution is -1.98. The fourth-order valence-corrected chi connectivity index (χ4v) is 1.47. The summed E-state index contributed by atoms with van der Waals surface area (Å²) in [5, 5.41) is 9.24. The van der Waals surface area contributed by atoms with Crippen LogP contribution in [0.25, 0.3) is 0 Å². The predicted molar refractivity (Wildman–Crippen MR) is 50.7 cm³/mol. The molecule has 0 saturated carbocycles. The second kappa shape index (κ2) is 3.18. The normalized spacial score (nSPS) is 21.0. The van der Waals surface area contributed by atoms with Gasteiger partial charge in [-0.1, -0.05) is 18.7 Å². The minimum atomic E-state index is -0.349. The van der Waals surface area contributed by atoms with E-state index in [4.69, 9.17) is 4.74 Å². The Balaban J connectivity index is 2.25. The zero-order valence-corrected chi connectivity index (χ0v) is 7.56. The van der Waals surface area contributed by atoms with Crippen molar-refractivity contribution >= 4 is 5.97 Å². The number of benzene rings is 1. The number of ether oxygens (including phenoxy) is 1. The van der Waals surface area contributed by atoms with E-state index in [9.17, 15) is 9.90 Å². The third-order valence-electron chi connectivity index (χ3n) is 2.21. The van der Waals surface area contributed by atoms with E-state index in [1.807, 2.05) is 6.07 Å². The zero-order valence-electron chi connectivity index (χ0n) is 7.56. The second-order valence-electron chi connectivity index (χ2n) is 3.30. The van der Waals surface area contributed by atoms with Crippen LogP contribution in [0.1, 0.15) is 18.1 Å². The van der Waals surface area contributed by atoms with E-state index >= 15 is 0 Å². The smallest absolute Gasteiger partial charge is 0.334 e. The van der Waals surface area contributed by atoms with Gasteiger partial charge in [-0.25, -0.2) is 4.79 Å². The Labute approximate surface area is 81.6 Å². The largest absolute Gasteiger partial charge is 0.508 e. The third-order valence-corrected chi connectivity index (χ3v) is 2.21. The van der Waals surface area contributed by atoms with Crippen molar-refractivity contribution in [1.29, 1.82) is 0 Å². The molecular weight excluding hydrogens is 180 g/mol. The van der Waals surface area contributed by atoms with Gasteiger partial charge in [0.1, 0.15) is 11.9 Å². The average Bonchev–Trinajstić information content (AvgIpc) is 2.47. The molecule has 3 nitrogen and oxygen atoms in total. The molecule has 1 aliphatic heterocycles. The Hall–Kier alpha value is -1.77. The zero-order chi connectivity index (χ0) is 10.1. The van der Waals surface area contributed by atoms with Gasteiger partial charge < -0.3 is 9.84 Å². The molecule has 14 heavy (non-hydrogen) atoms. The van der Waals surface area contributed by atoms with E-state index < -0.39 is 0 Å². The molecule has 0 radical (unpaired) electrons. The Morgan fingerprint density at radius 1 is 1.50 bits per heavy atom. The molecule has 3 heteroatoms. The van der Waals surface area contributed by atoms with Crippen molar-refractivity contribution in [3.8, 4) is 5.75 Å². The maximum absolute atomic E-state index is 11.1. The number of phenolic OH excluding ortho intramolecular Hbond substituents is 1. The maximum Gasteiger partial charge on any atom is 0.334 e. The number of aromatic hydroxyl groups is 1. The number of cyclic esters (lactones) is 1. The molecule has 1 atom stereocenters. The second-order valence-corrected chi connectivity index (χ2v) is 3.30. The van der Waals surface area contributed by atoms with Crippen LogP contribution in [0, 0.1) is 0 Å². The van der Waals surface area contributed by atoms with Crippen LogP contribution in [-0.4, -0.2) is 11.1 Å². The first kappa shape index (κ1) is 8.81. The lowest BCUT2D eigenvalue weighted by molar-refractivity contribution is -0.139. The fourth-order valence-electron chi connectivity index (χ4n) is 1.47. The predicted octanol–water partition coefficient (Wildman–Crippen LogP) is 1.94. The highest BCUT2D eigenvalue weighted by Gasteiger charge is 2.28. The van der Waals surface area contributed by atoms with Gasteiger partial charge in [0.25, 0.3) is 0 Å². The number of carbonyl (C=O) groups excluding carboxylic acids is 1. The van der Waals surface area contributed by atoms with Crippen LogP contribution in [0.3, 0.4) is 0 Å². The van der Waals surface area contributed by atoms with Crippen LogP contribution in [-0.2, 0) is 9.53 Å². The summed E-state index contributed by atoms with van der Waals surface area (Å²) in [6, 6.07) is 6.71. The van der Waals surface area contributed by atoms with Crippen LogP contribution in [0.4, 0.5) is 0 Å². The van der Waals surface area contributed by atoms with Gasteiger partial charge in [0, 0.05) is 12.0 Å². The molecule has 72 valence electrons. The van der Waals surface area contributed by atoms with Gasteiger partial charge >= 0.3 is 5.97 Å². The maximum atomic E-state index is 11.1. The number of hydrogen-bond acceptors (Lipinski definition) is 3. The highest BCUT2D eigenvalue weighted by Crippen LogP contribution is 2.33. The van der Waals surface area contributed by atoms with Crippen LogP contribution in [0.5, 0.6) is 5.75 Å². The van der Waals surface area contributed by atoms with Crippen molar-refractivity contribution in [2.75, 3.05) is 0 Å². The summed E-state index contributed by atoms with van der Waals surface area (Å²) in [6.45, 7) is 3.60. The summed E-state index contributed by atoms with van der Waals surface area (Å²) in [5.41, 5.74) is 1.29. The first-order valence-corrected chi connectivity index (χ1v) is 4.34. The Kier molecular flexibility index (Phi) is 2.00. The molecule has 1 aliphatic rings. The van der Waals surface area contributed by atoms with E-state index in [2.05, 4.69) is 6.58 Å². The number of carbonyl (C=O) groups is 1. The number of rotatable bonds is 1. The lowest BCUT2D eigenvalue weighted by Gasteiger charge is -2.08. The van der Waals surface area contributed by atoms with Crippen molar-refractivity contribution in [3.63, 3.8) is 0 Å². The first-order chi connectivity index (χ1) is 6.66. The van der Waals surface area contributed by atoms with Crippen LogP contribution < -0.4 is 0 Å². The van der Waals surface area contributed by atoms with E-state index in [0.29, 0.717) is 12.0 Å². The number of hydrogen-bond donors (Lipinski definition) is 1. The third kappa shape index (κ3) is 1.48. The minimum Gasteiger partial charge on any atom is -0.508 e. The Morgan fingerprint density at radius 2 is 2.29 bits per heavy atom. The van der Waals surface area contributed by atoms with Gasteiger partial charge in [-0.3, -0.25) is 0 Å². The van der Waals surface area contributed by atoms with E-state index in [1.54, 1.807) is 18.2 Å². The van der Waals surface area contributed by atoms with Crippen LogP contribution in [0.15, 0.2) is 36.4 Å². The van der Waals surface area contributed by atoms with Crippen LogP contribution in [0.2, 0.25) is 0 Å². The number of esters is 1. The van der Waals surface area contributed by atoms with Gasteiger partial charge in [-0.2, -0.15) is 0 Å². The molecule has 2 rings (SSSR count). The molecule has 1 unspecified atom stereocenters. The molecule has 1 aromatic rings. The Morgan fingerprint density at radius 3 is 2.86 bits per heavy atom. The molecule has 0 aliphatic carbocycles. The van der Waals surface area contributed by atoms with E-state index in [-0.39, 0.29) is 17.8 Å². The van der Waals surface area contributed by atoms with Crippen LogP contribution >= 0.6 is 0 Å². The SMILES string of the molecule is C=C1CC(c2cccc(O)c2)OC1=O. The van der Waals surface area contributed by atoms with Gasteiger partial charge in [-0.15, -0.1) is 0 Å². The van der Waals surface area contributed by atoms with Crippen molar-refractivity contribution in [2.24, 2.45) is 0 Å². The summed E-state index contributed by atoms with van der Waals surface area (Å²) in [4.78, 5) is 11.1. The standard InChI is InChI=1S/C11H10O3/c1-7-5-10(14-11(7)13)8-3-2-4-9(12)6-8/h2-4,6,10,12H,1,5H2. The molecule has 1 saturated heterocycles. The van der Waals surface area contributed by atoms with Crippen molar-refractivity contribution in [3.05, 3.63) is 42.0 Å². The van der Waals surface area contributed by atoms with Gasteiger partial charge in [0.15, 0.2) is 0 Å². The molecule has 0 amide bonds. The number of phenols is 1. The molecule has 1 fully saturated rings.